The Hall–Kier alpha value is -0.160. The fourth-order valence-electron chi connectivity index (χ4n) is 0.455. The Morgan fingerprint density at radius 2 is 1.07 bits per heavy atom. The first-order chi connectivity index (χ1) is 6.83. The number of ether oxygens (including phenoxy) is 2. The average Bonchev–Trinajstić information content (AvgIpc) is 2.27. The van der Waals surface area contributed by atoms with Gasteiger partial charge in [-0.3, -0.25) is 0 Å². The molecule has 0 aromatic carbocycles. The lowest BCUT2D eigenvalue weighted by Gasteiger charge is -1.91. The van der Waals surface area contributed by atoms with Crippen molar-refractivity contribution >= 4 is 0 Å². The fourth-order valence-corrected chi connectivity index (χ4v) is 0.455. The minimum absolute atomic E-state index is 0.633. The van der Waals surface area contributed by atoms with E-state index in [-0.39, 0.29) is 0 Å². The van der Waals surface area contributed by atoms with E-state index in [1.165, 1.54) is 0 Å². The molecule has 0 fully saturated rings. The van der Waals surface area contributed by atoms with Crippen LogP contribution in [0.15, 0.2) is 0 Å². The van der Waals surface area contributed by atoms with Gasteiger partial charge in [-0.1, -0.05) is 13.8 Å². The van der Waals surface area contributed by atoms with Gasteiger partial charge in [0.15, 0.2) is 0 Å². The van der Waals surface area contributed by atoms with Gasteiger partial charge in [-0.2, -0.15) is 0 Å². The molecule has 14 heavy (non-hydrogen) atoms. The molecular formula is C10H28N2O2. The highest BCUT2D eigenvalue weighted by molar-refractivity contribution is 4.25. The van der Waals surface area contributed by atoms with E-state index in [1.807, 2.05) is 27.7 Å². The molecule has 0 unspecified atom stereocenters. The lowest BCUT2D eigenvalue weighted by molar-refractivity contribution is 0.155. The number of hydrogen-bond donors (Lipinski definition) is 2. The third kappa shape index (κ3) is 40.8. The van der Waals surface area contributed by atoms with Crippen molar-refractivity contribution < 1.29 is 9.47 Å². The van der Waals surface area contributed by atoms with Crippen LogP contribution < -0.4 is 11.5 Å². The van der Waals surface area contributed by atoms with Crippen LogP contribution in [-0.2, 0) is 9.47 Å². The quantitative estimate of drug-likeness (QED) is 0.639. The van der Waals surface area contributed by atoms with Crippen LogP contribution in [-0.4, -0.2) is 39.5 Å². The van der Waals surface area contributed by atoms with Crippen LogP contribution in [0, 0.1) is 0 Å². The maximum atomic E-state index is 5.09. The molecule has 0 saturated heterocycles. The number of hydrogen-bond acceptors (Lipinski definition) is 4. The smallest absolute Gasteiger partial charge is 0.0588 e. The molecule has 0 heterocycles. The van der Waals surface area contributed by atoms with E-state index in [9.17, 15) is 0 Å². The molecule has 0 saturated carbocycles. The fraction of sp³-hybridized carbons (Fsp3) is 1.00. The largest absolute Gasteiger partial charge is 0.380 e. The molecule has 0 atom stereocenters. The van der Waals surface area contributed by atoms with E-state index in [0.29, 0.717) is 26.3 Å². The molecule has 0 aliphatic heterocycles. The van der Waals surface area contributed by atoms with Crippen molar-refractivity contribution in [3.05, 3.63) is 0 Å². The molecule has 0 radical (unpaired) electrons. The van der Waals surface area contributed by atoms with E-state index in [4.69, 9.17) is 20.9 Å². The first-order valence-corrected chi connectivity index (χ1v) is 5.39. The third-order valence-corrected chi connectivity index (χ3v) is 0.933. The van der Waals surface area contributed by atoms with Gasteiger partial charge in [-0.25, -0.2) is 0 Å². The Morgan fingerprint density at radius 1 is 0.786 bits per heavy atom. The van der Waals surface area contributed by atoms with Crippen molar-refractivity contribution in [1.82, 2.24) is 0 Å². The van der Waals surface area contributed by atoms with Crippen molar-refractivity contribution in [1.29, 1.82) is 0 Å². The van der Waals surface area contributed by atoms with E-state index in [0.717, 1.165) is 13.2 Å². The van der Waals surface area contributed by atoms with Gasteiger partial charge in [0.2, 0.25) is 0 Å². The minimum Gasteiger partial charge on any atom is -0.380 e. The molecule has 0 rings (SSSR count). The minimum atomic E-state index is 0.633. The standard InChI is InChI=1S/2C4H11NO.C2H6/c2*1-2-6-4-3-5;1-2/h2*2-5H2,1H3;1-2H3. The van der Waals surface area contributed by atoms with Crippen LogP contribution in [0.2, 0.25) is 0 Å². The second-order valence-corrected chi connectivity index (χ2v) is 1.97. The Morgan fingerprint density at radius 3 is 1.14 bits per heavy atom. The highest BCUT2D eigenvalue weighted by atomic mass is 16.5. The monoisotopic (exact) mass is 208 g/mol. The van der Waals surface area contributed by atoms with E-state index >= 15 is 0 Å². The molecule has 0 amide bonds. The summed E-state index contributed by atoms with van der Waals surface area (Å²) in [5.41, 5.74) is 10.2. The van der Waals surface area contributed by atoms with E-state index in [1.54, 1.807) is 0 Å². The first-order valence-electron chi connectivity index (χ1n) is 5.39. The summed E-state index contributed by atoms with van der Waals surface area (Å²) in [6.45, 7) is 12.1. The van der Waals surface area contributed by atoms with E-state index < -0.39 is 0 Å². The van der Waals surface area contributed by atoms with Gasteiger partial charge in [-0.15, -0.1) is 0 Å². The van der Waals surface area contributed by atoms with Gasteiger partial charge in [0.1, 0.15) is 0 Å². The Labute approximate surface area is 88.9 Å². The molecule has 0 bridgehead atoms. The lowest BCUT2D eigenvalue weighted by atomic mass is 10.7. The number of rotatable bonds is 6. The van der Waals surface area contributed by atoms with Crippen LogP contribution in [0.4, 0.5) is 0 Å². The zero-order chi connectivity index (χ0) is 11.7. The van der Waals surface area contributed by atoms with Crippen LogP contribution in [0.25, 0.3) is 0 Å². The molecule has 0 aromatic rings. The zero-order valence-electron chi connectivity index (χ0n) is 10.2. The summed E-state index contributed by atoms with van der Waals surface area (Å²) in [6.07, 6.45) is 0. The van der Waals surface area contributed by atoms with Gasteiger partial charge in [0, 0.05) is 26.3 Å². The summed E-state index contributed by atoms with van der Waals surface area (Å²) in [6, 6.07) is 0. The highest BCUT2D eigenvalue weighted by Crippen LogP contribution is 1.65. The Bertz CT molecular complexity index is 48.1. The highest BCUT2D eigenvalue weighted by Gasteiger charge is 1.73. The maximum absolute atomic E-state index is 5.09. The predicted octanol–water partition coefficient (Wildman–Crippen LogP) is 0.989. The van der Waals surface area contributed by atoms with Gasteiger partial charge < -0.3 is 20.9 Å². The van der Waals surface area contributed by atoms with Crippen LogP contribution in [0.1, 0.15) is 27.7 Å². The molecular weight excluding hydrogens is 180 g/mol. The SMILES string of the molecule is CC.CCOCCN.CCOCCN. The average molecular weight is 208 g/mol. The normalized spacial score (nSPS) is 8.14. The lowest BCUT2D eigenvalue weighted by Crippen LogP contribution is -2.07. The Balaban J connectivity index is -0.000000147. The van der Waals surface area contributed by atoms with Gasteiger partial charge in [-0.05, 0) is 13.8 Å². The van der Waals surface area contributed by atoms with Gasteiger partial charge >= 0.3 is 0 Å². The molecule has 90 valence electrons. The predicted molar refractivity (Wildman–Crippen MR) is 62.4 cm³/mol. The summed E-state index contributed by atoms with van der Waals surface area (Å²) in [4.78, 5) is 0. The molecule has 4 N–H and O–H groups in total. The topological polar surface area (TPSA) is 70.5 Å². The summed E-state index contributed by atoms with van der Waals surface area (Å²) in [7, 11) is 0. The first kappa shape index (κ1) is 19.4. The molecule has 4 heteroatoms. The van der Waals surface area contributed by atoms with Gasteiger partial charge in [0.05, 0.1) is 13.2 Å². The molecule has 0 aliphatic carbocycles. The van der Waals surface area contributed by atoms with Gasteiger partial charge in [0.25, 0.3) is 0 Å². The van der Waals surface area contributed by atoms with Crippen LogP contribution >= 0.6 is 0 Å². The van der Waals surface area contributed by atoms with Crippen molar-refractivity contribution in [2.75, 3.05) is 39.5 Å². The van der Waals surface area contributed by atoms with Crippen molar-refractivity contribution in [3.8, 4) is 0 Å². The van der Waals surface area contributed by atoms with Crippen molar-refractivity contribution in [3.63, 3.8) is 0 Å². The second-order valence-electron chi connectivity index (χ2n) is 1.97. The summed E-state index contributed by atoms with van der Waals surface area (Å²) >= 11 is 0. The van der Waals surface area contributed by atoms with Crippen molar-refractivity contribution in [2.45, 2.75) is 27.7 Å². The molecule has 0 aliphatic rings. The number of nitrogens with two attached hydrogens (primary N) is 2. The summed E-state index contributed by atoms with van der Waals surface area (Å²) in [5.74, 6) is 0. The molecule has 0 aromatic heterocycles. The van der Waals surface area contributed by atoms with Crippen molar-refractivity contribution in [2.24, 2.45) is 11.5 Å². The summed E-state index contributed by atoms with van der Waals surface area (Å²) < 4.78 is 9.72. The summed E-state index contributed by atoms with van der Waals surface area (Å²) in [5, 5.41) is 0. The molecule has 0 spiro atoms. The zero-order valence-corrected chi connectivity index (χ0v) is 10.2. The second kappa shape index (κ2) is 29.3. The molecule has 4 nitrogen and oxygen atoms in total. The van der Waals surface area contributed by atoms with Crippen LogP contribution in [0.3, 0.4) is 0 Å². The van der Waals surface area contributed by atoms with E-state index in [2.05, 4.69) is 0 Å². The maximum Gasteiger partial charge on any atom is 0.0588 e. The third-order valence-electron chi connectivity index (χ3n) is 0.933. The van der Waals surface area contributed by atoms with Crippen LogP contribution in [0.5, 0.6) is 0 Å². The Kier molecular flexibility index (Phi) is 40.6.